The molecule has 0 aliphatic carbocycles. The molecule has 0 saturated heterocycles. The van der Waals surface area contributed by atoms with Crippen molar-refractivity contribution in [3.63, 3.8) is 0 Å². The maximum absolute atomic E-state index is 10.4. The van der Waals surface area contributed by atoms with E-state index in [4.69, 9.17) is 21.1 Å². The van der Waals surface area contributed by atoms with E-state index >= 15 is 0 Å². The van der Waals surface area contributed by atoms with Crippen LogP contribution in [0.25, 0.3) is 0 Å². The molecule has 1 unspecified atom stereocenters. The molecule has 4 nitrogen and oxygen atoms in total. The minimum atomic E-state index is -0.878. The van der Waals surface area contributed by atoms with Crippen molar-refractivity contribution in [3.8, 4) is 11.5 Å². The third-order valence-electron chi connectivity index (χ3n) is 2.83. The lowest BCUT2D eigenvalue weighted by atomic mass is 10.0. The number of hydrogen-bond donors (Lipinski definition) is 1. The molecule has 1 atom stereocenters. The van der Waals surface area contributed by atoms with E-state index in [0.717, 1.165) is 0 Å². The molecule has 0 radical (unpaired) electrons. The van der Waals surface area contributed by atoms with Gasteiger partial charge in [0.2, 0.25) is 0 Å². The molecule has 0 bridgehead atoms. The summed E-state index contributed by atoms with van der Waals surface area (Å²) in [5.41, 5.74) is 1.21. The van der Waals surface area contributed by atoms with Gasteiger partial charge in [-0.1, -0.05) is 11.6 Å². The average Bonchev–Trinajstić information content (AvgIpc) is 2.46. The van der Waals surface area contributed by atoms with Crippen LogP contribution in [-0.4, -0.2) is 24.3 Å². The highest BCUT2D eigenvalue weighted by Crippen LogP contribution is 2.35. The second-order valence-electron chi connectivity index (χ2n) is 3.91. The predicted octanol–water partition coefficient (Wildman–Crippen LogP) is 2.83. The van der Waals surface area contributed by atoms with Gasteiger partial charge in [0.1, 0.15) is 17.6 Å². The molecule has 1 heterocycles. The van der Waals surface area contributed by atoms with Gasteiger partial charge in [0.05, 0.1) is 19.2 Å². The first kappa shape index (κ1) is 13.6. The molecule has 100 valence electrons. The van der Waals surface area contributed by atoms with Crippen LogP contribution in [-0.2, 0) is 0 Å². The fourth-order valence-corrected chi connectivity index (χ4v) is 2.04. The van der Waals surface area contributed by atoms with Crippen LogP contribution in [0.3, 0.4) is 0 Å². The van der Waals surface area contributed by atoms with Crippen LogP contribution >= 0.6 is 11.6 Å². The van der Waals surface area contributed by atoms with E-state index in [2.05, 4.69) is 4.98 Å². The summed E-state index contributed by atoms with van der Waals surface area (Å²) in [6.07, 6.45) is 2.20. The molecule has 2 aromatic rings. The number of pyridine rings is 1. The third kappa shape index (κ3) is 2.80. The molecule has 5 heteroatoms. The first-order valence-corrected chi connectivity index (χ1v) is 6.04. The number of halogens is 1. The van der Waals surface area contributed by atoms with Crippen molar-refractivity contribution in [2.75, 3.05) is 14.2 Å². The SMILES string of the molecule is COc1ccc(C(O)c2ccncc2Cl)c(OC)c1. The number of nitrogens with zero attached hydrogens (tertiary/aromatic N) is 1. The molecule has 0 aliphatic rings. The number of aromatic nitrogens is 1. The number of rotatable bonds is 4. The van der Waals surface area contributed by atoms with Gasteiger partial charge >= 0.3 is 0 Å². The van der Waals surface area contributed by atoms with Crippen molar-refractivity contribution in [3.05, 3.63) is 52.8 Å². The van der Waals surface area contributed by atoms with E-state index in [1.165, 1.54) is 6.20 Å². The Morgan fingerprint density at radius 3 is 2.58 bits per heavy atom. The Labute approximate surface area is 116 Å². The number of methoxy groups -OCH3 is 2. The van der Waals surface area contributed by atoms with Crippen LogP contribution < -0.4 is 9.47 Å². The van der Waals surface area contributed by atoms with Gasteiger partial charge in [-0.05, 0) is 18.2 Å². The van der Waals surface area contributed by atoms with Crippen LogP contribution in [0, 0.1) is 0 Å². The minimum Gasteiger partial charge on any atom is -0.497 e. The Morgan fingerprint density at radius 1 is 1.16 bits per heavy atom. The number of ether oxygens (including phenoxy) is 2. The molecule has 19 heavy (non-hydrogen) atoms. The van der Waals surface area contributed by atoms with Crippen molar-refractivity contribution in [2.24, 2.45) is 0 Å². The van der Waals surface area contributed by atoms with Crippen molar-refractivity contribution in [1.29, 1.82) is 0 Å². The lowest BCUT2D eigenvalue weighted by Crippen LogP contribution is -2.03. The van der Waals surface area contributed by atoms with Crippen molar-refractivity contribution in [2.45, 2.75) is 6.10 Å². The first-order chi connectivity index (χ1) is 9.17. The molecule has 0 saturated carbocycles. The zero-order valence-corrected chi connectivity index (χ0v) is 11.4. The topological polar surface area (TPSA) is 51.6 Å². The number of aliphatic hydroxyl groups is 1. The van der Waals surface area contributed by atoms with Crippen LogP contribution in [0.1, 0.15) is 17.2 Å². The monoisotopic (exact) mass is 279 g/mol. The summed E-state index contributed by atoms with van der Waals surface area (Å²) < 4.78 is 10.4. The van der Waals surface area contributed by atoms with E-state index in [9.17, 15) is 5.11 Å². The maximum Gasteiger partial charge on any atom is 0.128 e. The molecule has 0 fully saturated rings. The van der Waals surface area contributed by atoms with E-state index in [-0.39, 0.29) is 0 Å². The fourth-order valence-electron chi connectivity index (χ4n) is 1.82. The first-order valence-electron chi connectivity index (χ1n) is 5.66. The Kier molecular flexibility index (Phi) is 4.24. The molecular weight excluding hydrogens is 266 g/mol. The van der Waals surface area contributed by atoms with E-state index in [0.29, 0.717) is 27.6 Å². The molecular formula is C14H14ClNO3. The predicted molar refractivity (Wildman–Crippen MR) is 72.9 cm³/mol. The van der Waals surface area contributed by atoms with Crippen LogP contribution in [0.2, 0.25) is 5.02 Å². The van der Waals surface area contributed by atoms with E-state index in [1.807, 2.05) is 0 Å². The highest BCUT2D eigenvalue weighted by molar-refractivity contribution is 6.31. The summed E-state index contributed by atoms with van der Waals surface area (Å²) in [7, 11) is 3.11. The second kappa shape index (κ2) is 5.91. The van der Waals surface area contributed by atoms with Crippen molar-refractivity contribution < 1.29 is 14.6 Å². The largest absolute Gasteiger partial charge is 0.497 e. The zero-order valence-electron chi connectivity index (χ0n) is 10.6. The van der Waals surface area contributed by atoms with Gasteiger partial charge in [-0.25, -0.2) is 0 Å². The third-order valence-corrected chi connectivity index (χ3v) is 3.15. The standard InChI is InChI=1S/C14H14ClNO3/c1-18-9-3-4-11(13(7-9)19-2)14(17)10-5-6-16-8-12(10)15/h3-8,14,17H,1-2H3. The van der Waals surface area contributed by atoms with E-state index < -0.39 is 6.10 Å². The van der Waals surface area contributed by atoms with E-state index in [1.54, 1.807) is 44.7 Å². The Morgan fingerprint density at radius 2 is 1.95 bits per heavy atom. The van der Waals surface area contributed by atoms with Gasteiger partial charge in [-0.15, -0.1) is 0 Å². The lowest BCUT2D eigenvalue weighted by molar-refractivity contribution is 0.214. The van der Waals surface area contributed by atoms with Crippen LogP contribution in [0.4, 0.5) is 0 Å². The van der Waals surface area contributed by atoms with Gasteiger partial charge in [0, 0.05) is 29.6 Å². The molecule has 0 spiro atoms. The minimum absolute atomic E-state index is 0.410. The summed E-state index contributed by atoms with van der Waals surface area (Å²) in [6, 6.07) is 6.90. The summed E-state index contributed by atoms with van der Waals surface area (Å²) in [4.78, 5) is 3.90. The summed E-state index contributed by atoms with van der Waals surface area (Å²) in [5.74, 6) is 1.20. The van der Waals surface area contributed by atoms with Crippen LogP contribution in [0.5, 0.6) is 11.5 Å². The molecule has 1 aromatic carbocycles. The maximum atomic E-state index is 10.4. The van der Waals surface area contributed by atoms with Crippen molar-refractivity contribution in [1.82, 2.24) is 4.98 Å². The highest BCUT2D eigenvalue weighted by Gasteiger charge is 2.18. The van der Waals surface area contributed by atoms with Gasteiger partial charge in [0.25, 0.3) is 0 Å². The van der Waals surface area contributed by atoms with Crippen LogP contribution in [0.15, 0.2) is 36.7 Å². The molecule has 1 aromatic heterocycles. The second-order valence-corrected chi connectivity index (χ2v) is 4.31. The fraction of sp³-hybridized carbons (Fsp3) is 0.214. The molecule has 1 N–H and O–H groups in total. The summed E-state index contributed by atoms with van der Waals surface area (Å²) in [5, 5.41) is 10.8. The lowest BCUT2D eigenvalue weighted by Gasteiger charge is -2.16. The number of aliphatic hydroxyl groups excluding tert-OH is 1. The Bertz CT molecular complexity index is 574. The molecule has 2 rings (SSSR count). The molecule has 0 aliphatic heterocycles. The van der Waals surface area contributed by atoms with Gasteiger partial charge in [-0.3, -0.25) is 4.98 Å². The molecule has 0 amide bonds. The normalized spacial score (nSPS) is 12.0. The summed E-state index contributed by atoms with van der Waals surface area (Å²) in [6.45, 7) is 0. The Balaban J connectivity index is 2.44. The Hall–Kier alpha value is -1.78. The number of hydrogen-bond acceptors (Lipinski definition) is 4. The highest BCUT2D eigenvalue weighted by atomic mass is 35.5. The number of benzene rings is 1. The van der Waals surface area contributed by atoms with Gasteiger partial charge in [-0.2, -0.15) is 0 Å². The quantitative estimate of drug-likeness (QED) is 0.935. The smallest absolute Gasteiger partial charge is 0.128 e. The van der Waals surface area contributed by atoms with Gasteiger partial charge in [0.15, 0.2) is 0 Å². The zero-order chi connectivity index (χ0) is 13.8. The van der Waals surface area contributed by atoms with Gasteiger partial charge < -0.3 is 14.6 Å². The summed E-state index contributed by atoms with van der Waals surface area (Å²) >= 11 is 6.04. The van der Waals surface area contributed by atoms with Crippen molar-refractivity contribution >= 4 is 11.6 Å². The average molecular weight is 280 g/mol.